The lowest BCUT2D eigenvalue weighted by Crippen LogP contribution is -2.33. The molecule has 0 bridgehead atoms. The number of sulfonamides is 1. The van der Waals surface area contributed by atoms with Crippen molar-refractivity contribution in [1.29, 1.82) is 0 Å². The van der Waals surface area contributed by atoms with Crippen LogP contribution < -0.4 is 14.8 Å². The maximum absolute atomic E-state index is 13.5. The predicted octanol–water partition coefficient (Wildman–Crippen LogP) is 3.96. The average Bonchev–Trinajstić information content (AvgIpc) is 2.69. The molecule has 0 radical (unpaired) electrons. The average molecular weight is 427 g/mol. The van der Waals surface area contributed by atoms with E-state index in [4.69, 9.17) is 4.74 Å². The highest BCUT2D eigenvalue weighted by Crippen LogP contribution is 2.29. The molecule has 0 saturated carbocycles. The van der Waals surface area contributed by atoms with E-state index in [2.05, 4.69) is 10.0 Å². The molecule has 0 spiro atoms. The van der Waals surface area contributed by atoms with Gasteiger partial charge in [-0.05, 0) is 43.7 Å². The molecule has 0 aliphatic rings. The van der Waals surface area contributed by atoms with Crippen LogP contribution in [0, 0.1) is 11.6 Å². The number of nitrogens with one attached hydrogen (secondary N) is 2. The van der Waals surface area contributed by atoms with Gasteiger partial charge in [0.1, 0.15) is 5.75 Å². The minimum atomic E-state index is -3.49. The summed E-state index contributed by atoms with van der Waals surface area (Å²) >= 11 is 0. The number of ether oxygens (including phenoxy) is 1. The summed E-state index contributed by atoms with van der Waals surface area (Å²) < 4.78 is 57.7. The Hall–Kier alpha value is -2.88. The zero-order chi connectivity index (χ0) is 21.8. The Labute approximate surface area is 168 Å². The van der Waals surface area contributed by atoms with Gasteiger partial charge in [0.25, 0.3) is 0 Å². The molecule has 2 N–H and O–H groups in total. The lowest BCUT2D eigenvalue weighted by molar-refractivity contribution is 0.208. The van der Waals surface area contributed by atoms with Gasteiger partial charge in [0.15, 0.2) is 11.6 Å². The molecule has 0 fully saturated rings. The van der Waals surface area contributed by atoms with Gasteiger partial charge in [-0.25, -0.2) is 22.0 Å². The molecule has 0 saturated heterocycles. The number of methoxy groups -OCH3 is 1. The Morgan fingerprint density at radius 1 is 1.17 bits per heavy atom. The highest BCUT2D eigenvalue weighted by molar-refractivity contribution is 7.92. The van der Waals surface area contributed by atoms with Crippen molar-refractivity contribution < 1.29 is 26.7 Å². The number of urea groups is 1. The van der Waals surface area contributed by atoms with Crippen LogP contribution in [-0.2, 0) is 10.0 Å². The van der Waals surface area contributed by atoms with Gasteiger partial charge in [0, 0.05) is 18.8 Å². The van der Waals surface area contributed by atoms with Gasteiger partial charge in [-0.3, -0.25) is 4.72 Å². The van der Waals surface area contributed by atoms with Crippen molar-refractivity contribution in [2.24, 2.45) is 0 Å². The molecule has 2 aromatic carbocycles. The van der Waals surface area contributed by atoms with Crippen LogP contribution in [0.1, 0.15) is 25.5 Å². The van der Waals surface area contributed by atoms with E-state index in [0.29, 0.717) is 11.3 Å². The van der Waals surface area contributed by atoms with E-state index in [1.165, 1.54) is 50.2 Å². The maximum atomic E-state index is 13.5. The van der Waals surface area contributed by atoms with Crippen molar-refractivity contribution in [2.75, 3.05) is 29.9 Å². The van der Waals surface area contributed by atoms with E-state index >= 15 is 0 Å². The van der Waals surface area contributed by atoms with Crippen molar-refractivity contribution in [2.45, 2.75) is 19.9 Å². The van der Waals surface area contributed by atoms with Gasteiger partial charge in [-0.1, -0.05) is 6.07 Å². The van der Waals surface area contributed by atoms with Crippen molar-refractivity contribution >= 4 is 27.4 Å². The smallest absolute Gasteiger partial charge is 0.322 e. The van der Waals surface area contributed by atoms with Gasteiger partial charge in [-0.15, -0.1) is 0 Å². The molecule has 1 atom stereocenters. The minimum absolute atomic E-state index is 0.0959. The summed E-state index contributed by atoms with van der Waals surface area (Å²) in [5.41, 5.74) is 1.05. The van der Waals surface area contributed by atoms with Crippen molar-refractivity contribution in [3.8, 4) is 5.75 Å². The SMILES string of the molecule is CCS(=O)(=O)Nc1ccc(NC(=O)N(C)C(C)c2ccc(F)c(F)c2)cc1OC. The molecule has 0 aliphatic carbocycles. The van der Waals surface area contributed by atoms with Gasteiger partial charge in [0.05, 0.1) is 24.6 Å². The lowest BCUT2D eigenvalue weighted by atomic mass is 10.1. The number of carbonyl (C=O) groups excluding carboxylic acids is 1. The number of nitrogens with zero attached hydrogens (tertiary/aromatic N) is 1. The van der Waals surface area contributed by atoms with Crippen LogP contribution in [-0.4, -0.2) is 39.3 Å². The van der Waals surface area contributed by atoms with E-state index in [1.807, 2.05) is 0 Å². The zero-order valence-electron chi connectivity index (χ0n) is 16.5. The Balaban J connectivity index is 2.15. The number of carbonyl (C=O) groups is 1. The third-order valence-corrected chi connectivity index (χ3v) is 5.72. The molecule has 0 aliphatic heterocycles. The van der Waals surface area contributed by atoms with Crippen LogP contribution in [0.5, 0.6) is 5.75 Å². The summed E-state index contributed by atoms with van der Waals surface area (Å²) in [6.45, 7) is 3.18. The number of rotatable bonds is 7. The van der Waals surface area contributed by atoms with E-state index in [0.717, 1.165) is 12.1 Å². The molecule has 1 unspecified atom stereocenters. The second-order valence-corrected chi connectivity index (χ2v) is 8.32. The number of halogens is 2. The molecular formula is C19H23F2N3O4S. The highest BCUT2D eigenvalue weighted by atomic mass is 32.2. The molecule has 0 aromatic heterocycles. The fraction of sp³-hybridized carbons (Fsp3) is 0.316. The first-order valence-electron chi connectivity index (χ1n) is 8.75. The van der Waals surface area contributed by atoms with Gasteiger partial charge in [0.2, 0.25) is 10.0 Å². The van der Waals surface area contributed by atoms with E-state index in [-0.39, 0.29) is 17.2 Å². The fourth-order valence-corrected chi connectivity index (χ4v) is 3.12. The van der Waals surface area contributed by atoms with Crippen LogP contribution in [0.4, 0.5) is 25.0 Å². The Bertz CT molecular complexity index is 999. The Kier molecular flexibility index (Phi) is 7.02. The normalized spacial score (nSPS) is 12.2. The van der Waals surface area contributed by atoms with E-state index in [1.54, 1.807) is 6.92 Å². The van der Waals surface area contributed by atoms with Gasteiger partial charge in [-0.2, -0.15) is 0 Å². The summed E-state index contributed by atoms with van der Waals surface area (Å²) in [4.78, 5) is 13.9. The minimum Gasteiger partial charge on any atom is -0.494 e. The highest BCUT2D eigenvalue weighted by Gasteiger charge is 2.20. The number of hydrogen-bond donors (Lipinski definition) is 2. The van der Waals surface area contributed by atoms with Crippen LogP contribution in [0.25, 0.3) is 0 Å². The molecule has 29 heavy (non-hydrogen) atoms. The van der Waals surface area contributed by atoms with Gasteiger partial charge < -0.3 is 15.0 Å². The topological polar surface area (TPSA) is 87.7 Å². The first kappa shape index (κ1) is 22.4. The van der Waals surface area contributed by atoms with E-state index in [9.17, 15) is 22.0 Å². The first-order valence-corrected chi connectivity index (χ1v) is 10.4. The number of hydrogen-bond acceptors (Lipinski definition) is 4. The summed E-state index contributed by atoms with van der Waals surface area (Å²) in [6.07, 6.45) is 0. The molecule has 10 heteroatoms. The molecular weight excluding hydrogens is 404 g/mol. The number of amides is 2. The Morgan fingerprint density at radius 2 is 1.86 bits per heavy atom. The molecule has 0 heterocycles. The molecule has 2 amide bonds. The molecule has 2 rings (SSSR count). The van der Waals surface area contributed by atoms with Crippen LogP contribution in [0.2, 0.25) is 0 Å². The summed E-state index contributed by atoms with van der Waals surface area (Å²) in [7, 11) is -0.593. The summed E-state index contributed by atoms with van der Waals surface area (Å²) in [6, 6.07) is 6.90. The van der Waals surface area contributed by atoms with Crippen LogP contribution >= 0.6 is 0 Å². The van der Waals surface area contributed by atoms with Crippen LogP contribution in [0.3, 0.4) is 0 Å². The summed E-state index contributed by atoms with van der Waals surface area (Å²) in [5.74, 6) is -1.81. The van der Waals surface area contributed by atoms with Crippen molar-refractivity contribution in [1.82, 2.24) is 4.90 Å². The fourth-order valence-electron chi connectivity index (χ4n) is 2.48. The third kappa shape index (κ3) is 5.57. The van der Waals surface area contributed by atoms with E-state index < -0.39 is 33.7 Å². The largest absolute Gasteiger partial charge is 0.494 e. The lowest BCUT2D eigenvalue weighted by Gasteiger charge is -2.26. The van der Waals surface area contributed by atoms with Crippen LogP contribution in [0.15, 0.2) is 36.4 Å². The van der Waals surface area contributed by atoms with Crippen molar-refractivity contribution in [3.63, 3.8) is 0 Å². The molecule has 158 valence electrons. The summed E-state index contributed by atoms with van der Waals surface area (Å²) in [5, 5.41) is 2.66. The second kappa shape index (κ2) is 9.08. The predicted molar refractivity (Wildman–Crippen MR) is 108 cm³/mol. The quantitative estimate of drug-likeness (QED) is 0.700. The molecule has 7 nitrogen and oxygen atoms in total. The third-order valence-electron chi connectivity index (χ3n) is 4.43. The molecule has 2 aromatic rings. The number of benzene rings is 2. The first-order chi connectivity index (χ1) is 13.6. The zero-order valence-corrected chi connectivity index (χ0v) is 17.3. The maximum Gasteiger partial charge on any atom is 0.322 e. The Morgan fingerprint density at radius 3 is 2.45 bits per heavy atom. The van der Waals surface area contributed by atoms with Gasteiger partial charge >= 0.3 is 6.03 Å². The van der Waals surface area contributed by atoms with Crippen molar-refractivity contribution in [3.05, 3.63) is 53.6 Å². The number of anilines is 2. The second-order valence-electron chi connectivity index (χ2n) is 6.31. The standard InChI is InChI=1S/C19H23F2N3O4S/c1-5-29(26,27)23-17-9-7-14(11-18(17)28-4)22-19(25)24(3)12(2)13-6-8-15(20)16(21)10-13/h6-12,23H,5H2,1-4H3,(H,22,25). The monoisotopic (exact) mass is 427 g/mol.